The minimum absolute atomic E-state index is 0.0471. The highest BCUT2D eigenvalue weighted by Crippen LogP contribution is 2.33. The Morgan fingerprint density at radius 3 is 2.43 bits per heavy atom. The summed E-state index contributed by atoms with van der Waals surface area (Å²) >= 11 is 0. The van der Waals surface area contributed by atoms with Crippen molar-refractivity contribution in [2.75, 3.05) is 32.4 Å². The molecule has 1 N–H and O–H groups in total. The van der Waals surface area contributed by atoms with E-state index in [0.29, 0.717) is 53.6 Å². The van der Waals surface area contributed by atoms with E-state index in [2.05, 4.69) is 20.4 Å². The Bertz CT molecular complexity index is 1230. The highest BCUT2D eigenvalue weighted by Gasteiger charge is 2.19. The summed E-state index contributed by atoms with van der Waals surface area (Å²) in [5, 5.41) is 7.21. The Kier molecular flexibility index (Phi) is 8.82. The molecule has 0 radical (unpaired) electrons. The van der Waals surface area contributed by atoms with Crippen LogP contribution in [0.5, 0.6) is 17.2 Å². The number of aromatic nitrogens is 4. The number of nitrogens with zero attached hydrogens (tertiary/aromatic N) is 4. The number of hydrogen-bond acceptors (Lipinski definition) is 10. The highest BCUT2D eigenvalue weighted by molar-refractivity contribution is 7.85. The number of halogens is 1. The molecule has 0 aliphatic heterocycles. The normalized spacial score (nSPS) is 11.3. The molecule has 0 amide bonds. The number of rotatable bonds is 13. The smallest absolute Gasteiger partial charge is 0.264 e. The van der Waals surface area contributed by atoms with E-state index < -0.39 is 15.9 Å². The van der Waals surface area contributed by atoms with Gasteiger partial charge in [0.1, 0.15) is 12.4 Å². The zero-order valence-corrected chi connectivity index (χ0v) is 20.8. The van der Waals surface area contributed by atoms with Gasteiger partial charge in [0.2, 0.25) is 5.95 Å². The average molecular weight is 510 g/mol. The number of aryl methyl sites for hydroxylation is 1. The van der Waals surface area contributed by atoms with Crippen molar-refractivity contribution in [2.45, 2.75) is 32.9 Å². The van der Waals surface area contributed by atoms with E-state index >= 15 is 0 Å². The molecule has 3 rings (SSSR count). The van der Waals surface area contributed by atoms with Gasteiger partial charge in [-0.25, -0.2) is 14.4 Å². The maximum atomic E-state index is 14.9. The van der Waals surface area contributed by atoms with Crippen LogP contribution in [0.2, 0.25) is 0 Å². The number of nitrogens with one attached hydrogen (secondary N) is 1. The lowest BCUT2D eigenvalue weighted by Crippen LogP contribution is -2.07. The molecule has 0 atom stereocenters. The van der Waals surface area contributed by atoms with Gasteiger partial charge in [-0.1, -0.05) is 6.92 Å². The standard InChI is InChI=1S/C22H28FN5O6S/c1-5-17-18(21(23)20(32-3)9-19(17)31-2)14-33-16-11-24-22(25-12-16)27-15-10-26-28(13-15)7-6-8-34-35(4,29)30/h9-13H,5-8,14H2,1-4H3,(H,24,25,27). The van der Waals surface area contributed by atoms with Gasteiger partial charge in [0, 0.05) is 29.9 Å². The van der Waals surface area contributed by atoms with Gasteiger partial charge >= 0.3 is 0 Å². The third-order valence-electron chi connectivity index (χ3n) is 4.93. The Hall–Kier alpha value is -3.45. The SMILES string of the molecule is CCc1c(OC)cc(OC)c(F)c1COc1cnc(Nc2cnn(CCCOS(C)(=O)=O)c2)nc1. The molecule has 0 aliphatic carbocycles. The van der Waals surface area contributed by atoms with Crippen LogP contribution in [0.4, 0.5) is 16.0 Å². The van der Waals surface area contributed by atoms with E-state index in [4.69, 9.17) is 18.4 Å². The third kappa shape index (κ3) is 7.26. The number of ether oxygens (including phenoxy) is 3. The maximum absolute atomic E-state index is 14.9. The van der Waals surface area contributed by atoms with Crippen molar-refractivity contribution in [1.29, 1.82) is 0 Å². The molecule has 0 bridgehead atoms. The van der Waals surface area contributed by atoms with E-state index in [0.717, 1.165) is 6.26 Å². The summed E-state index contributed by atoms with van der Waals surface area (Å²) in [6.07, 6.45) is 8.33. The van der Waals surface area contributed by atoms with Crippen molar-refractivity contribution >= 4 is 21.8 Å². The molecule has 2 heterocycles. The largest absolute Gasteiger partial charge is 0.496 e. The molecule has 13 heteroatoms. The molecule has 1 aromatic carbocycles. The van der Waals surface area contributed by atoms with Crippen LogP contribution in [-0.4, -0.2) is 55.2 Å². The lowest BCUT2D eigenvalue weighted by atomic mass is 10.0. The van der Waals surface area contributed by atoms with Crippen LogP contribution in [0.25, 0.3) is 0 Å². The van der Waals surface area contributed by atoms with Crippen LogP contribution in [0.15, 0.2) is 30.9 Å². The molecule has 0 saturated carbocycles. The van der Waals surface area contributed by atoms with Gasteiger partial charge in [-0.15, -0.1) is 0 Å². The minimum atomic E-state index is -3.45. The Morgan fingerprint density at radius 1 is 1.09 bits per heavy atom. The van der Waals surface area contributed by atoms with E-state index in [1.807, 2.05) is 6.92 Å². The summed E-state index contributed by atoms with van der Waals surface area (Å²) in [6.45, 7) is 2.42. The average Bonchev–Trinajstić information content (AvgIpc) is 3.28. The molecule has 0 unspecified atom stereocenters. The fourth-order valence-corrected chi connectivity index (χ4v) is 3.72. The zero-order chi connectivity index (χ0) is 25.4. The summed E-state index contributed by atoms with van der Waals surface area (Å²) < 4.78 is 59.4. The van der Waals surface area contributed by atoms with Gasteiger partial charge in [0.05, 0.1) is 51.4 Å². The van der Waals surface area contributed by atoms with E-state index in [-0.39, 0.29) is 19.0 Å². The summed E-state index contributed by atoms with van der Waals surface area (Å²) in [6, 6.07) is 1.52. The number of anilines is 2. The Morgan fingerprint density at radius 2 is 1.80 bits per heavy atom. The molecule has 35 heavy (non-hydrogen) atoms. The second-order valence-corrected chi connectivity index (χ2v) is 9.08. The van der Waals surface area contributed by atoms with Crippen molar-refractivity contribution in [3.8, 4) is 17.2 Å². The monoisotopic (exact) mass is 509 g/mol. The second kappa shape index (κ2) is 11.8. The Balaban J connectivity index is 1.58. The van der Waals surface area contributed by atoms with Crippen LogP contribution in [0, 0.1) is 5.82 Å². The van der Waals surface area contributed by atoms with E-state index in [9.17, 15) is 12.8 Å². The highest BCUT2D eigenvalue weighted by atomic mass is 32.2. The fraction of sp³-hybridized carbons (Fsp3) is 0.409. The van der Waals surface area contributed by atoms with Crippen molar-refractivity contribution in [3.05, 3.63) is 47.8 Å². The van der Waals surface area contributed by atoms with Crippen LogP contribution >= 0.6 is 0 Å². The quantitative estimate of drug-likeness (QED) is 0.271. The van der Waals surface area contributed by atoms with Crippen LogP contribution in [0.1, 0.15) is 24.5 Å². The number of methoxy groups -OCH3 is 2. The summed E-state index contributed by atoms with van der Waals surface area (Å²) in [4.78, 5) is 8.43. The predicted molar refractivity (Wildman–Crippen MR) is 126 cm³/mol. The molecule has 0 aliphatic rings. The first kappa shape index (κ1) is 26.2. The molecule has 11 nitrogen and oxygen atoms in total. The molecule has 2 aromatic heterocycles. The van der Waals surface area contributed by atoms with Gasteiger partial charge in [-0.2, -0.15) is 13.5 Å². The molecule has 190 valence electrons. The van der Waals surface area contributed by atoms with Gasteiger partial charge in [0.15, 0.2) is 17.3 Å². The lowest BCUT2D eigenvalue weighted by Gasteiger charge is -2.17. The molecular weight excluding hydrogens is 481 g/mol. The minimum Gasteiger partial charge on any atom is -0.496 e. The van der Waals surface area contributed by atoms with Gasteiger partial charge in [-0.05, 0) is 12.8 Å². The van der Waals surface area contributed by atoms with Crippen LogP contribution in [-0.2, 0) is 33.9 Å². The predicted octanol–water partition coefficient (Wildman–Crippen LogP) is 3.08. The van der Waals surface area contributed by atoms with Gasteiger partial charge in [-0.3, -0.25) is 8.86 Å². The maximum Gasteiger partial charge on any atom is 0.264 e. The summed E-state index contributed by atoms with van der Waals surface area (Å²) in [5.41, 5.74) is 1.70. The molecule has 0 spiro atoms. The lowest BCUT2D eigenvalue weighted by molar-refractivity contribution is 0.289. The molecule has 3 aromatic rings. The van der Waals surface area contributed by atoms with Crippen molar-refractivity contribution in [2.24, 2.45) is 0 Å². The first-order valence-corrected chi connectivity index (χ1v) is 12.6. The zero-order valence-electron chi connectivity index (χ0n) is 19.9. The summed E-state index contributed by atoms with van der Waals surface area (Å²) in [5.74, 6) is 0.797. The summed E-state index contributed by atoms with van der Waals surface area (Å²) in [7, 11) is -0.534. The number of benzene rings is 1. The molecule has 0 saturated heterocycles. The fourth-order valence-electron chi connectivity index (χ4n) is 3.30. The van der Waals surface area contributed by atoms with Gasteiger partial charge in [0.25, 0.3) is 10.1 Å². The topological polar surface area (TPSA) is 127 Å². The van der Waals surface area contributed by atoms with Crippen molar-refractivity contribution < 1.29 is 31.2 Å². The van der Waals surface area contributed by atoms with Crippen LogP contribution in [0.3, 0.4) is 0 Å². The molecular formula is C22H28FN5O6S. The van der Waals surface area contributed by atoms with Crippen molar-refractivity contribution in [3.63, 3.8) is 0 Å². The number of hydrogen-bond donors (Lipinski definition) is 1. The Labute approximate surface area is 203 Å². The van der Waals surface area contributed by atoms with E-state index in [1.54, 1.807) is 17.1 Å². The third-order valence-corrected chi connectivity index (χ3v) is 5.52. The van der Waals surface area contributed by atoms with Crippen LogP contribution < -0.4 is 19.5 Å². The van der Waals surface area contributed by atoms with Gasteiger partial charge < -0.3 is 19.5 Å². The first-order valence-electron chi connectivity index (χ1n) is 10.7. The molecule has 0 fully saturated rings. The van der Waals surface area contributed by atoms with E-state index in [1.165, 1.54) is 32.7 Å². The first-order chi connectivity index (χ1) is 16.7. The van der Waals surface area contributed by atoms with Crippen molar-refractivity contribution in [1.82, 2.24) is 19.7 Å². The second-order valence-electron chi connectivity index (χ2n) is 7.43.